The molecule has 0 aliphatic carbocycles. The maximum Gasteiger partial charge on any atom is 0.325 e. The third-order valence-corrected chi connectivity index (χ3v) is 4.52. The van der Waals surface area contributed by atoms with E-state index in [-0.39, 0.29) is 19.1 Å². The van der Waals surface area contributed by atoms with Crippen molar-refractivity contribution in [1.82, 2.24) is 10.2 Å². The zero-order chi connectivity index (χ0) is 18.1. The van der Waals surface area contributed by atoms with Crippen LogP contribution in [0.15, 0.2) is 65.1 Å². The van der Waals surface area contributed by atoms with Gasteiger partial charge in [-0.3, -0.25) is 9.69 Å². The molecule has 26 heavy (non-hydrogen) atoms. The van der Waals surface area contributed by atoms with Crippen LogP contribution in [0.4, 0.5) is 4.79 Å². The number of hydrogen-bond acceptors (Lipinski definition) is 4. The fourth-order valence-electron chi connectivity index (χ4n) is 3.07. The van der Waals surface area contributed by atoms with Crippen LogP contribution >= 0.6 is 0 Å². The summed E-state index contributed by atoms with van der Waals surface area (Å²) in [5.41, 5.74) is -0.542. The Kier molecular flexibility index (Phi) is 3.88. The third-order valence-electron chi connectivity index (χ3n) is 4.52. The summed E-state index contributed by atoms with van der Waals surface area (Å²) in [6, 6.07) is 18.1. The summed E-state index contributed by atoms with van der Waals surface area (Å²) in [5.74, 6) is 0.765. The Labute approximate surface area is 150 Å². The number of carbonyl (C=O) groups excluding carboxylic acids is 2. The number of nitrogens with zero attached hydrogens (tertiary/aromatic N) is 1. The predicted molar refractivity (Wildman–Crippen MR) is 95.7 cm³/mol. The smallest absolute Gasteiger partial charge is 0.325 e. The molecule has 0 spiro atoms. The van der Waals surface area contributed by atoms with Gasteiger partial charge in [-0.15, -0.1) is 0 Å². The molecule has 1 N–H and O–H groups in total. The predicted octanol–water partition coefficient (Wildman–Crippen LogP) is 3.28. The highest BCUT2D eigenvalue weighted by Crippen LogP contribution is 2.32. The van der Waals surface area contributed by atoms with Gasteiger partial charge in [0.15, 0.2) is 5.54 Å². The van der Waals surface area contributed by atoms with Crippen LogP contribution in [0.25, 0.3) is 11.0 Å². The van der Waals surface area contributed by atoms with Crippen LogP contribution in [0.3, 0.4) is 0 Å². The number of fused-ring (bicyclic) bond motifs is 1. The molecule has 0 saturated carbocycles. The molecule has 6 nitrogen and oxygen atoms in total. The van der Waals surface area contributed by atoms with Crippen molar-refractivity contribution in [3.63, 3.8) is 0 Å². The Balaban J connectivity index is 1.50. The van der Waals surface area contributed by atoms with Crippen molar-refractivity contribution in [1.29, 1.82) is 0 Å². The lowest BCUT2D eigenvalue weighted by Gasteiger charge is -2.19. The average Bonchev–Trinajstić information content (AvgIpc) is 3.18. The topological polar surface area (TPSA) is 71.8 Å². The number of nitrogens with one attached hydrogen (secondary N) is 1. The van der Waals surface area contributed by atoms with Gasteiger partial charge in [0.1, 0.15) is 23.7 Å². The minimum Gasteiger partial charge on any atom is -0.492 e. The fourth-order valence-corrected chi connectivity index (χ4v) is 3.07. The van der Waals surface area contributed by atoms with Crippen LogP contribution in [-0.4, -0.2) is 30.0 Å². The molecule has 4 rings (SSSR count). The van der Waals surface area contributed by atoms with E-state index in [4.69, 9.17) is 9.15 Å². The van der Waals surface area contributed by atoms with Crippen LogP contribution in [0, 0.1) is 0 Å². The van der Waals surface area contributed by atoms with Gasteiger partial charge in [0.25, 0.3) is 5.91 Å². The summed E-state index contributed by atoms with van der Waals surface area (Å²) in [6.45, 7) is 2.04. The van der Waals surface area contributed by atoms with Gasteiger partial charge in [0, 0.05) is 5.39 Å². The lowest BCUT2D eigenvalue weighted by atomic mass is 9.99. The monoisotopic (exact) mass is 350 g/mol. The van der Waals surface area contributed by atoms with Crippen LogP contribution in [0.5, 0.6) is 5.75 Å². The molecule has 1 aliphatic heterocycles. The normalized spacial score (nSPS) is 19.8. The van der Waals surface area contributed by atoms with Gasteiger partial charge in [-0.1, -0.05) is 36.4 Å². The lowest BCUT2D eigenvalue weighted by Crippen LogP contribution is -2.41. The standard InChI is InChI=1S/C20H18N2O4/c1-20(17-13-14-7-5-6-10-16(14)26-17)18(23)22(19(24)21-20)11-12-25-15-8-3-2-4-9-15/h2-10,13H,11-12H2,1H3,(H,21,24). The minimum absolute atomic E-state index is 0.162. The van der Waals surface area contributed by atoms with Gasteiger partial charge in [0.2, 0.25) is 0 Å². The van der Waals surface area contributed by atoms with Crippen molar-refractivity contribution in [3.05, 3.63) is 66.4 Å². The maximum absolute atomic E-state index is 12.9. The third kappa shape index (κ3) is 2.69. The van der Waals surface area contributed by atoms with E-state index in [0.29, 0.717) is 17.1 Å². The van der Waals surface area contributed by atoms with Gasteiger partial charge < -0.3 is 14.5 Å². The fraction of sp³-hybridized carbons (Fsp3) is 0.200. The molecule has 0 radical (unpaired) electrons. The van der Waals surface area contributed by atoms with Crippen molar-refractivity contribution >= 4 is 22.9 Å². The Morgan fingerprint density at radius 3 is 2.58 bits per heavy atom. The molecule has 6 heteroatoms. The number of carbonyl (C=O) groups is 2. The highest BCUT2D eigenvalue weighted by molar-refractivity contribution is 6.07. The molecule has 1 unspecified atom stereocenters. The first-order chi connectivity index (χ1) is 12.6. The molecular formula is C20H18N2O4. The minimum atomic E-state index is -1.22. The second kappa shape index (κ2) is 6.22. The highest BCUT2D eigenvalue weighted by Gasteiger charge is 2.51. The molecule has 3 aromatic rings. The summed E-state index contributed by atoms with van der Waals surface area (Å²) >= 11 is 0. The Bertz CT molecular complexity index is 933. The first-order valence-electron chi connectivity index (χ1n) is 8.39. The van der Waals surface area contributed by atoms with E-state index in [1.807, 2.05) is 54.6 Å². The maximum atomic E-state index is 12.9. The molecule has 132 valence electrons. The zero-order valence-corrected chi connectivity index (χ0v) is 14.3. The quantitative estimate of drug-likeness (QED) is 0.717. The summed E-state index contributed by atoms with van der Waals surface area (Å²) < 4.78 is 11.4. The summed E-state index contributed by atoms with van der Waals surface area (Å²) in [7, 11) is 0. The molecular weight excluding hydrogens is 332 g/mol. The van der Waals surface area contributed by atoms with E-state index in [1.54, 1.807) is 13.0 Å². The molecule has 1 aliphatic rings. The number of benzene rings is 2. The number of imide groups is 1. The van der Waals surface area contributed by atoms with Gasteiger partial charge in [-0.2, -0.15) is 0 Å². The second-order valence-electron chi connectivity index (χ2n) is 6.32. The van der Waals surface area contributed by atoms with E-state index in [2.05, 4.69) is 5.32 Å². The van der Waals surface area contributed by atoms with Gasteiger partial charge in [-0.05, 0) is 31.2 Å². The van der Waals surface area contributed by atoms with Gasteiger partial charge >= 0.3 is 6.03 Å². The first kappa shape index (κ1) is 16.2. The van der Waals surface area contributed by atoms with E-state index < -0.39 is 11.6 Å². The number of urea groups is 1. The Hall–Kier alpha value is -3.28. The Morgan fingerprint density at radius 1 is 1.08 bits per heavy atom. The number of ether oxygens (including phenoxy) is 1. The van der Waals surface area contributed by atoms with Crippen molar-refractivity contribution in [3.8, 4) is 5.75 Å². The van der Waals surface area contributed by atoms with Crippen molar-refractivity contribution in [2.24, 2.45) is 0 Å². The molecule has 1 saturated heterocycles. The number of amides is 3. The first-order valence-corrected chi connectivity index (χ1v) is 8.39. The van der Waals surface area contributed by atoms with Crippen LogP contribution in [-0.2, 0) is 10.3 Å². The van der Waals surface area contributed by atoms with E-state index in [9.17, 15) is 9.59 Å². The van der Waals surface area contributed by atoms with Crippen LogP contribution in [0.2, 0.25) is 0 Å². The summed E-state index contributed by atoms with van der Waals surface area (Å²) in [4.78, 5) is 26.4. The van der Waals surface area contributed by atoms with Crippen LogP contribution in [0.1, 0.15) is 12.7 Å². The number of para-hydroxylation sites is 2. The Morgan fingerprint density at radius 2 is 1.81 bits per heavy atom. The summed E-state index contributed by atoms with van der Waals surface area (Å²) in [5, 5.41) is 3.63. The molecule has 2 aromatic carbocycles. The van der Waals surface area contributed by atoms with Crippen molar-refractivity contribution in [2.45, 2.75) is 12.5 Å². The van der Waals surface area contributed by atoms with Gasteiger partial charge in [-0.25, -0.2) is 4.79 Å². The molecule has 3 amide bonds. The van der Waals surface area contributed by atoms with Crippen LogP contribution < -0.4 is 10.1 Å². The zero-order valence-electron chi connectivity index (χ0n) is 14.3. The summed E-state index contributed by atoms with van der Waals surface area (Å²) in [6.07, 6.45) is 0. The van der Waals surface area contributed by atoms with E-state index in [0.717, 1.165) is 10.3 Å². The number of hydrogen-bond donors (Lipinski definition) is 1. The van der Waals surface area contributed by atoms with E-state index in [1.165, 1.54) is 0 Å². The lowest BCUT2D eigenvalue weighted by molar-refractivity contribution is -0.131. The SMILES string of the molecule is CC1(c2cc3ccccc3o2)NC(=O)N(CCOc2ccccc2)C1=O. The van der Waals surface area contributed by atoms with Crippen molar-refractivity contribution < 1.29 is 18.7 Å². The molecule has 1 atom stereocenters. The largest absolute Gasteiger partial charge is 0.492 e. The average molecular weight is 350 g/mol. The number of rotatable bonds is 5. The highest BCUT2D eigenvalue weighted by atomic mass is 16.5. The van der Waals surface area contributed by atoms with Crippen molar-refractivity contribution in [2.75, 3.05) is 13.2 Å². The molecule has 1 fully saturated rings. The van der Waals surface area contributed by atoms with E-state index >= 15 is 0 Å². The number of furan rings is 1. The van der Waals surface area contributed by atoms with Gasteiger partial charge in [0.05, 0.1) is 6.54 Å². The molecule has 0 bridgehead atoms. The molecule has 2 heterocycles. The molecule has 1 aromatic heterocycles. The second-order valence-corrected chi connectivity index (χ2v) is 6.32.